The minimum Gasteiger partial charge on any atom is -0.259 e. The van der Waals surface area contributed by atoms with Crippen LogP contribution in [-0.4, -0.2) is 14.8 Å². The summed E-state index contributed by atoms with van der Waals surface area (Å²) >= 11 is 0. The Kier molecular flexibility index (Phi) is 3.93. The fourth-order valence-electron chi connectivity index (χ4n) is 6.11. The molecule has 2 saturated carbocycles. The van der Waals surface area contributed by atoms with Crippen LogP contribution in [0.4, 0.5) is 5.69 Å². The number of allylic oxidation sites excluding steroid dienone is 5. The third-order valence-electron chi connectivity index (χ3n) is 7.32. The maximum Gasteiger partial charge on any atom is 0.269 e. The highest BCUT2D eigenvalue weighted by Gasteiger charge is 2.61. The lowest BCUT2D eigenvalue weighted by Gasteiger charge is -2.43. The molecular formula is C21H19N3O6. The van der Waals surface area contributed by atoms with Crippen molar-refractivity contribution in [1.82, 2.24) is 0 Å². The fourth-order valence-corrected chi connectivity index (χ4v) is 6.11. The average Bonchev–Trinajstić information content (AvgIpc) is 3.50. The van der Waals surface area contributed by atoms with Crippen LogP contribution >= 0.6 is 0 Å². The van der Waals surface area contributed by atoms with Crippen molar-refractivity contribution in [2.24, 2.45) is 29.6 Å². The maximum absolute atomic E-state index is 11.4. The van der Waals surface area contributed by atoms with Crippen LogP contribution < -0.4 is 0 Å². The molecule has 9 heteroatoms. The molecule has 0 aliphatic heterocycles. The van der Waals surface area contributed by atoms with Gasteiger partial charge >= 0.3 is 0 Å². The van der Waals surface area contributed by atoms with Gasteiger partial charge < -0.3 is 0 Å². The van der Waals surface area contributed by atoms with Crippen molar-refractivity contribution in [3.63, 3.8) is 0 Å². The monoisotopic (exact) mass is 409 g/mol. The van der Waals surface area contributed by atoms with Crippen LogP contribution in [0.5, 0.6) is 0 Å². The molecule has 9 nitrogen and oxygen atoms in total. The Morgan fingerprint density at radius 3 is 2.43 bits per heavy atom. The molecule has 2 bridgehead atoms. The lowest BCUT2D eigenvalue weighted by Crippen LogP contribution is -2.34. The Hall–Kier alpha value is -3.36. The van der Waals surface area contributed by atoms with E-state index in [1.54, 1.807) is 24.3 Å². The molecule has 0 saturated heterocycles. The molecule has 30 heavy (non-hydrogen) atoms. The van der Waals surface area contributed by atoms with E-state index in [9.17, 15) is 30.3 Å². The van der Waals surface area contributed by atoms with E-state index in [0.29, 0.717) is 0 Å². The molecule has 0 aromatic heterocycles. The van der Waals surface area contributed by atoms with E-state index in [1.165, 1.54) is 19.1 Å². The number of nitro groups is 3. The van der Waals surface area contributed by atoms with Gasteiger partial charge in [0.05, 0.1) is 14.8 Å². The van der Waals surface area contributed by atoms with Crippen molar-refractivity contribution in [2.75, 3.05) is 0 Å². The molecule has 0 radical (unpaired) electrons. The van der Waals surface area contributed by atoms with Crippen LogP contribution in [0.2, 0.25) is 0 Å². The van der Waals surface area contributed by atoms with E-state index >= 15 is 0 Å². The Morgan fingerprint density at radius 1 is 1.00 bits per heavy atom. The summed E-state index contributed by atoms with van der Waals surface area (Å²) in [4.78, 5) is 32.9. The van der Waals surface area contributed by atoms with Crippen LogP contribution in [0.1, 0.15) is 36.3 Å². The van der Waals surface area contributed by atoms with Crippen molar-refractivity contribution in [2.45, 2.75) is 25.2 Å². The molecule has 7 atom stereocenters. The van der Waals surface area contributed by atoms with Gasteiger partial charge in [-0.25, -0.2) is 0 Å². The maximum atomic E-state index is 11.4. The molecule has 5 aliphatic carbocycles. The van der Waals surface area contributed by atoms with Crippen molar-refractivity contribution in [3.05, 3.63) is 95.4 Å². The molecule has 0 N–H and O–H groups in total. The Labute approximate surface area is 171 Å². The molecule has 7 unspecified atom stereocenters. The predicted molar refractivity (Wildman–Crippen MR) is 106 cm³/mol. The number of benzene rings is 1. The SMILES string of the molecule is C/C(=C\C1C2CC2C2c3ccc([N+](=O)[O-])cc3C1C1C=CC([N+](=O)[O-])=CC12)[N+](=O)[O-]. The van der Waals surface area contributed by atoms with Gasteiger partial charge in [-0.1, -0.05) is 12.1 Å². The van der Waals surface area contributed by atoms with Crippen molar-refractivity contribution >= 4 is 5.69 Å². The number of nitro benzene ring substituents is 1. The predicted octanol–water partition coefficient (Wildman–Crippen LogP) is 4.18. The zero-order valence-corrected chi connectivity index (χ0v) is 16.1. The summed E-state index contributed by atoms with van der Waals surface area (Å²) in [6, 6.07) is 4.90. The fraction of sp³-hybridized carbons (Fsp3) is 0.429. The summed E-state index contributed by atoms with van der Waals surface area (Å²) in [6.45, 7) is 1.47. The van der Waals surface area contributed by atoms with E-state index < -0.39 is 9.85 Å². The quantitative estimate of drug-likeness (QED) is 0.541. The molecule has 5 aliphatic rings. The molecule has 6 rings (SSSR count). The highest BCUT2D eigenvalue weighted by molar-refractivity contribution is 5.51. The molecule has 0 amide bonds. The summed E-state index contributed by atoms with van der Waals surface area (Å²) in [6.07, 6.45) is 7.71. The molecule has 0 spiro atoms. The topological polar surface area (TPSA) is 129 Å². The molecular weight excluding hydrogens is 390 g/mol. The highest BCUT2D eigenvalue weighted by atomic mass is 16.6. The second-order valence-electron chi connectivity index (χ2n) is 8.69. The second-order valence-corrected chi connectivity index (χ2v) is 8.69. The van der Waals surface area contributed by atoms with Gasteiger partial charge in [0.1, 0.15) is 0 Å². The minimum atomic E-state index is -0.425. The third-order valence-corrected chi connectivity index (χ3v) is 7.32. The minimum absolute atomic E-state index is 0.00145. The van der Waals surface area contributed by atoms with Gasteiger partial charge in [-0.15, -0.1) is 0 Å². The Morgan fingerprint density at radius 2 is 1.77 bits per heavy atom. The number of nitrogens with zero attached hydrogens (tertiary/aromatic N) is 3. The Bertz CT molecular complexity index is 1090. The van der Waals surface area contributed by atoms with Crippen molar-refractivity contribution in [1.29, 1.82) is 0 Å². The van der Waals surface area contributed by atoms with Gasteiger partial charge in [0.25, 0.3) is 11.4 Å². The highest BCUT2D eigenvalue weighted by Crippen LogP contribution is 2.69. The van der Waals surface area contributed by atoms with E-state index in [1.807, 2.05) is 6.08 Å². The van der Waals surface area contributed by atoms with Gasteiger partial charge in [0.15, 0.2) is 0 Å². The summed E-state index contributed by atoms with van der Waals surface area (Å²) in [5.74, 6) is 0.0574. The smallest absolute Gasteiger partial charge is 0.259 e. The number of hydrogen-bond donors (Lipinski definition) is 0. The van der Waals surface area contributed by atoms with E-state index in [4.69, 9.17) is 0 Å². The zero-order valence-electron chi connectivity index (χ0n) is 16.1. The first-order chi connectivity index (χ1) is 14.3. The van der Waals surface area contributed by atoms with Crippen LogP contribution in [0.25, 0.3) is 0 Å². The van der Waals surface area contributed by atoms with Gasteiger partial charge in [-0.05, 0) is 71.1 Å². The normalized spacial score (nSPS) is 35.4. The summed E-state index contributed by atoms with van der Waals surface area (Å²) in [5, 5.41) is 34.1. The first-order valence-electron chi connectivity index (χ1n) is 9.93. The Balaban J connectivity index is 1.72. The third kappa shape index (κ3) is 2.61. The second kappa shape index (κ2) is 6.32. The van der Waals surface area contributed by atoms with E-state index in [-0.39, 0.29) is 63.4 Å². The van der Waals surface area contributed by atoms with Crippen LogP contribution in [0.15, 0.2) is 53.9 Å². The molecule has 1 aromatic rings. The largest absolute Gasteiger partial charge is 0.269 e. The van der Waals surface area contributed by atoms with Gasteiger partial charge in [0, 0.05) is 25.1 Å². The summed E-state index contributed by atoms with van der Waals surface area (Å²) in [5.41, 5.74) is 2.01. The van der Waals surface area contributed by atoms with Crippen molar-refractivity contribution in [3.8, 4) is 0 Å². The van der Waals surface area contributed by atoms with Gasteiger partial charge in [-0.2, -0.15) is 0 Å². The van der Waals surface area contributed by atoms with Gasteiger partial charge in [0.2, 0.25) is 5.70 Å². The van der Waals surface area contributed by atoms with Crippen LogP contribution in [0.3, 0.4) is 0 Å². The number of rotatable bonds is 4. The number of hydrogen-bond acceptors (Lipinski definition) is 6. The van der Waals surface area contributed by atoms with Crippen LogP contribution in [-0.2, 0) is 0 Å². The van der Waals surface area contributed by atoms with E-state index in [0.717, 1.165) is 17.5 Å². The standard InChI is InChI=1S/C21H19N3O6/c1-10(22(25)26)6-16-15-9-19(15)21-14-5-3-11(23(27)28)7-17(14)20(16)13-4-2-12(24(29)30)8-18(13)21/h2-8,13,15-16,18-21H,9H2,1H3/b10-6+. The first kappa shape index (κ1) is 18.7. The van der Waals surface area contributed by atoms with Crippen molar-refractivity contribution < 1.29 is 14.8 Å². The lowest BCUT2D eigenvalue weighted by atomic mass is 9.60. The van der Waals surface area contributed by atoms with E-state index in [2.05, 4.69) is 0 Å². The number of non-ortho nitro benzene ring substituents is 1. The zero-order chi connectivity index (χ0) is 21.3. The first-order valence-corrected chi connectivity index (χ1v) is 9.93. The summed E-state index contributed by atoms with van der Waals surface area (Å²) < 4.78 is 0. The molecule has 2 fully saturated rings. The van der Waals surface area contributed by atoms with Gasteiger partial charge in [-0.3, -0.25) is 30.3 Å². The lowest BCUT2D eigenvalue weighted by molar-refractivity contribution is -0.425. The molecule has 0 heterocycles. The summed E-state index contributed by atoms with van der Waals surface area (Å²) in [7, 11) is 0. The average molecular weight is 409 g/mol. The molecule has 154 valence electrons. The molecule has 1 aromatic carbocycles. The van der Waals surface area contributed by atoms with Crippen LogP contribution in [0, 0.1) is 59.9 Å².